The SMILES string of the molecule is C\C=C1/NCC(=C2/C=CCCC2)/C1=N\C(C)C(C)C. The molecule has 1 fully saturated rings. The lowest BCUT2D eigenvalue weighted by molar-refractivity contribution is 0.532. The van der Waals surface area contributed by atoms with Crippen molar-refractivity contribution in [2.75, 3.05) is 6.54 Å². The highest BCUT2D eigenvalue weighted by Gasteiger charge is 2.24. The van der Waals surface area contributed by atoms with E-state index in [1.807, 2.05) is 0 Å². The molecule has 1 heterocycles. The van der Waals surface area contributed by atoms with Crippen LogP contribution in [0.25, 0.3) is 0 Å². The van der Waals surface area contributed by atoms with Crippen LogP contribution >= 0.6 is 0 Å². The van der Waals surface area contributed by atoms with Gasteiger partial charge in [-0.2, -0.15) is 0 Å². The average molecular weight is 258 g/mol. The van der Waals surface area contributed by atoms with E-state index in [0.29, 0.717) is 12.0 Å². The first kappa shape index (κ1) is 14.1. The summed E-state index contributed by atoms with van der Waals surface area (Å²) in [7, 11) is 0. The number of hydrogen-bond donors (Lipinski definition) is 1. The number of hydrogen-bond acceptors (Lipinski definition) is 2. The maximum absolute atomic E-state index is 4.98. The molecule has 0 saturated carbocycles. The molecule has 0 aromatic rings. The van der Waals surface area contributed by atoms with E-state index in [1.54, 1.807) is 0 Å². The van der Waals surface area contributed by atoms with Crippen molar-refractivity contribution in [3.05, 3.63) is 35.1 Å². The van der Waals surface area contributed by atoms with Crippen molar-refractivity contribution in [3.8, 4) is 0 Å². The average Bonchev–Trinajstić information content (AvgIpc) is 2.82. The Morgan fingerprint density at radius 2 is 2.11 bits per heavy atom. The fourth-order valence-electron chi connectivity index (χ4n) is 2.49. The van der Waals surface area contributed by atoms with Gasteiger partial charge in [0.2, 0.25) is 0 Å². The normalized spacial score (nSPS) is 29.3. The number of allylic oxidation sites excluding steroid dienone is 5. The van der Waals surface area contributed by atoms with Crippen LogP contribution in [0.4, 0.5) is 0 Å². The molecule has 0 aromatic heterocycles. The zero-order valence-electron chi connectivity index (χ0n) is 12.7. The third-order valence-electron chi connectivity index (χ3n) is 4.11. The monoisotopic (exact) mass is 258 g/mol. The summed E-state index contributed by atoms with van der Waals surface area (Å²) < 4.78 is 0. The summed E-state index contributed by atoms with van der Waals surface area (Å²) in [5.74, 6) is 0.583. The van der Waals surface area contributed by atoms with Gasteiger partial charge in [-0.15, -0.1) is 0 Å². The molecule has 19 heavy (non-hydrogen) atoms. The number of nitrogens with zero attached hydrogens (tertiary/aromatic N) is 1. The van der Waals surface area contributed by atoms with Crippen molar-refractivity contribution in [2.24, 2.45) is 10.9 Å². The van der Waals surface area contributed by atoms with Crippen molar-refractivity contribution in [1.82, 2.24) is 5.32 Å². The van der Waals surface area contributed by atoms with Crippen LogP contribution in [0.3, 0.4) is 0 Å². The molecule has 0 bridgehead atoms. The van der Waals surface area contributed by atoms with Crippen LogP contribution in [0.5, 0.6) is 0 Å². The van der Waals surface area contributed by atoms with E-state index in [2.05, 4.69) is 51.2 Å². The van der Waals surface area contributed by atoms with Gasteiger partial charge in [0.05, 0.1) is 17.5 Å². The van der Waals surface area contributed by atoms with Gasteiger partial charge in [0.25, 0.3) is 0 Å². The predicted octanol–water partition coefficient (Wildman–Crippen LogP) is 4.02. The van der Waals surface area contributed by atoms with Crippen molar-refractivity contribution in [3.63, 3.8) is 0 Å². The van der Waals surface area contributed by atoms with E-state index in [1.165, 1.54) is 41.8 Å². The summed E-state index contributed by atoms with van der Waals surface area (Å²) in [6, 6.07) is 0.369. The quantitative estimate of drug-likeness (QED) is 0.795. The smallest absolute Gasteiger partial charge is 0.0858 e. The van der Waals surface area contributed by atoms with Gasteiger partial charge in [-0.05, 0) is 44.6 Å². The lowest BCUT2D eigenvalue weighted by Gasteiger charge is -2.15. The highest BCUT2D eigenvalue weighted by molar-refractivity contribution is 6.15. The van der Waals surface area contributed by atoms with Crippen LogP contribution in [0.15, 0.2) is 40.1 Å². The third-order valence-corrected chi connectivity index (χ3v) is 4.11. The van der Waals surface area contributed by atoms with Gasteiger partial charge in [0, 0.05) is 12.1 Å². The fraction of sp³-hybridized carbons (Fsp3) is 0.588. The minimum Gasteiger partial charge on any atom is -0.379 e. The molecule has 1 N–H and O–H groups in total. The summed E-state index contributed by atoms with van der Waals surface area (Å²) in [5, 5.41) is 3.49. The molecule has 2 nitrogen and oxygen atoms in total. The fourth-order valence-corrected chi connectivity index (χ4v) is 2.49. The first-order valence-electron chi connectivity index (χ1n) is 7.50. The Morgan fingerprint density at radius 1 is 1.32 bits per heavy atom. The van der Waals surface area contributed by atoms with Gasteiger partial charge < -0.3 is 5.32 Å². The number of rotatable bonds is 2. The van der Waals surface area contributed by atoms with Gasteiger partial charge in [0.15, 0.2) is 0 Å². The highest BCUT2D eigenvalue weighted by atomic mass is 15.0. The summed E-state index contributed by atoms with van der Waals surface area (Å²) in [5.41, 5.74) is 5.29. The van der Waals surface area contributed by atoms with Crippen molar-refractivity contribution < 1.29 is 0 Å². The van der Waals surface area contributed by atoms with Crippen molar-refractivity contribution >= 4 is 5.71 Å². The Labute approximate surface area is 117 Å². The topological polar surface area (TPSA) is 24.4 Å². The molecule has 0 spiro atoms. The van der Waals surface area contributed by atoms with Gasteiger partial charge in [-0.1, -0.05) is 32.1 Å². The van der Waals surface area contributed by atoms with Crippen LogP contribution in [-0.4, -0.2) is 18.3 Å². The van der Waals surface area contributed by atoms with Crippen LogP contribution in [0.1, 0.15) is 47.0 Å². The summed E-state index contributed by atoms with van der Waals surface area (Å²) in [4.78, 5) is 4.98. The molecule has 0 aromatic carbocycles. The Bertz CT molecular complexity index is 450. The zero-order valence-corrected chi connectivity index (χ0v) is 12.7. The van der Waals surface area contributed by atoms with E-state index in [4.69, 9.17) is 4.99 Å². The number of aliphatic imine (C=N–C) groups is 1. The Morgan fingerprint density at radius 3 is 2.68 bits per heavy atom. The van der Waals surface area contributed by atoms with Crippen LogP contribution in [0.2, 0.25) is 0 Å². The first-order valence-corrected chi connectivity index (χ1v) is 7.50. The van der Waals surface area contributed by atoms with E-state index >= 15 is 0 Å². The summed E-state index contributed by atoms with van der Waals surface area (Å²) in [6.07, 6.45) is 10.4. The predicted molar refractivity (Wildman–Crippen MR) is 83.5 cm³/mol. The van der Waals surface area contributed by atoms with E-state index in [9.17, 15) is 0 Å². The van der Waals surface area contributed by atoms with Crippen molar-refractivity contribution in [1.29, 1.82) is 0 Å². The second-order valence-electron chi connectivity index (χ2n) is 5.82. The molecule has 1 unspecified atom stereocenters. The van der Waals surface area contributed by atoms with Crippen LogP contribution < -0.4 is 5.32 Å². The zero-order chi connectivity index (χ0) is 13.8. The molecule has 1 aliphatic heterocycles. The molecule has 1 saturated heterocycles. The van der Waals surface area contributed by atoms with E-state index < -0.39 is 0 Å². The van der Waals surface area contributed by atoms with Gasteiger partial charge in [0.1, 0.15) is 0 Å². The maximum Gasteiger partial charge on any atom is 0.0858 e. The van der Waals surface area contributed by atoms with E-state index in [-0.39, 0.29) is 0 Å². The molecule has 1 aliphatic carbocycles. The van der Waals surface area contributed by atoms with Gasteiger partial charge >= 0.3 is 0 Å². The standard InChI is InChI=1S/C17H26N2/c1-5-16-17(19-13(4)12(2)3)15(11-18-16)14-9-7-6-8-10-14/h5,7,9,12-13,18H,6,8,10-11H2,1-4H3/b15-14+,16-5-,19-17+. The minimum atomic E-state index is 0.369. The largest absolute Gasteiger partial charge is 0.379 e. The second-order valence-corrected chi connectivity index (χ2v) is 5.82. The first-order chi connectivity index (χ1) is 9.13. The second kappa shape index (κ2) is 6.23. The Kier molecular flexibility index (Phi) is 4.62. The molecule has 0 radical (unpaired) electrons. The number of nitrogens with one attached hydrogen (secondary N) is 1. The Hall–Kier alpha value is -1.31. The van der Waals surface area contributed by atoms with Gasteiger partial charge in [-0.25, -0.2) is 0 Å². The molecule has 0 amide bonds. The Balaban J connectivity index is 2.39. The lowest BCUT2D eigenvalue weighted by atomic mass is 9.95. The molecule has 2 rings (SSSR count). The molecular weight excluding hydrogens is 232 g/mol. The molecule has 2 aliphatic rings. The molecule has 1 atom stereocenters. The minimum absolute atomic E-state index is 0.369. The molecule has 2 heteroatoms. The highest BCUT2D eigenvalue weighted by Crippen LogP contribution is 2.26. The maximum atomic E-state index is 4.98. The molecular formula is C17H26N2. The molecule has 104 valence electrons. The summed E-state index contributed by atoms with van der Waals surface area (Å²) in [6.45, 7) is 9.70. The summed E-state index contributed by atoms with van der Waals surface area (Å²) >= 11 is 0. The van der Waals surface area contributed by atoms with Crippen LogP contribution in [-0.2, 0) is 0 Å². The van der Waals surface area contributed by atoms with Crippen molar-refractivity contribution in [2.45, 2.75) is 53.0 Å². The van der Waals surface area contributed by atoms with Crippen LogP contribution in [0, 0.1) is 5.92 Å². The third kappa shape index (κ3) is 3.17. The van der Waals surface area contributed by atoms with E-state index in [0.717, 1.165) is 6.54 Å². The lowest BCUT2D eigenvalue weighted by Crippen LogP contribution is -2.14. The van der Waals surface area contributed by atoms with Gasteiger partial charge in [-0.3, -0.25) is 4.99 Å².